The molecule has 1 fully saturated rings. The molecule has 0 bridgehead atoms. The highest BCUT2D eigenvalue weighted by molar-refractivity contribution is 5.94. The van der Waals surface area contributed by atoms with Gasteiger partial charge in [-0.2, -0.15) is 5.10 Å². The van der Waals surface area contributed by atoms with Gasteiger partial charge in [0, 0.05) is 18.7 Å². The molecule has 1 aromatic heterocycles. The minimum atomic E-state index is -0.382. The molecule has 0 radical (unpaired) electrons. The third-order valence-electron chi connectivity index (χ3n) is 4.69. The summed E-state index contributed by atoms with van der Waals surface area (Å²) in [6.45, 7) is 2.04. The van der Waals surface area contributed by atoms with Crippen LogP contribution in [0.3, 0.4) is 0 Å². The van der Waals surface area contributed by atoms with Crippen LogP contribution in [0.1, 0.15) is 10.5 Å². The zero-order chi connectivity index (χ0) is 19.5. The van der Waals surface area contributed by atoms with E-state index in [2.05, 4.69) is 5.10 Å². The number of morpholine rings is 1. The number of hydrogen-bond donors (Lipinski definition) is 0. The molecule has 1 saturated heterocycles. The molecule has 3 aromatic rings. The Labute approximate surface area is 162 Å². The molecule has 4 rings (SSSR count). The predicted molar refractivity (Wildman–Crippen MR) is 102 cm³/mol. The summed E-state index contributed by atoms with van der Waals surface area (Å²) in [7, 11) is 1.59. The Balaban J connectivity index is 1.79. The van der Waals surface area contributed by atoms with E-state index in [1.807, 2.05) is 12.1 Å². The van der Waals surface area contributed by atoms with Gasteiger partial charge in [-0.3, -0.25) is 4.79 Å². The quantitative estimate of drug-likeness (QED) is 0.697. The molecule has 6 nitrogen and oxygen atoms in total. The maximum Gasteiger partial charge on any atom is 0.272 e. The summed E-state index contributed by atoms with van der Waals surface area (Å²) in [5.41, 5.74) is 1.83. The Kier molecular flexibility index (Phi) is 5.08. The van der Waals surface area contributed by atoms with Crippen molar-refractivity contribution in [2.75, 3.05) is 33.4 Å². The number of nitrogens with zero attached hydrogens (tertiary/aromatic N) is 3. The highest BCUT2D eigenvalue weighted by Crippen LogP contribution is 2.26. The minimum absolute atomic E-state index is 0.158. The normalized spacial score (nSPS) is 14.1. The highest BCUT2D eigenvalue weighted by Gasteiger charge is 2.25. The van der Waals surface area contributed by atoms with E-state index in [0.29, 0.717) is 54.7 Å². The Morgan fingerprint density at radius 1 is 1.11 bits per heavy atom. The Morgan fingerprint density at radius 2 is 1.82 bits per heavy atom. The van der Waals surface area contributed by atoms with Crippen LogP contribution in [0.25, 0.3) is 16.9 Å². The number of benzene rings is 2. The van der Waals surface area contributed by atoms with Crippen LogP contribution in [0, 0.1) is 5.82 Å². The molecule has 1 aliphatic rings. The molecule has 0 atom stereocenters. The molecule has 0 unspecified atom stereocenters. The van der Waals surface area contributed by atoms with E-state index in [9.17, 15) is 9.18 Å². The molecule has 0 aliphatic carbocycles. The lowest BCUT2D eigenvalue weighted by Crippen LogP contribution is -2.41. The zero-order valence-corrected chi connectivity index (χ0v) is 15.5. The largest absolute Gasteiger partial charge is 0.497 e. The number of amides is 1. The van der Waals surface area contributed by atoms with Crippen LogP contribution >= 0.6 is 0 Å². The molecule has 2 aromatic carbocycles. The lowest BCUT2D eigenvalue weighted by molar-refractivity contribution is 0.0297. The predicted octanol–water partition coefficient (Wildman–Crippen LogP) is 3.16. The third-order valence-corrected chi connectivity index (χ3v) is 4.69. The van der Waals surface area contributed by atoms with Crippen LogP contribution in [-0.2, 0) is 4.74 Å². The molecule has 1 aliphatic heterocycles. The molecule has 0 spiro atoms. The second-order valence-corrected chi connectivity index (χ2v) is 6.41. The smallest absolute Gasteiger partial charge is 0.272 e. The van der Waals surface area contributed by atoms with Gasteiger partial charge in [-0.05, 0) is 42.5 Å². The van der Waals surface area contributed by atoms with Gasteiger partial charge in [0.25, 0.3) is 5.91 Å². The van der Waals surface area contributed by atoms with Crippen LogP contribution in [0.4, 0.5) is 4.39 Å². The molecular formula is C21H20FN3O3. The molecule has 1 amide bonds. The van der Waals surface area contributed by atoms with E-state index in [4.69, 9.17) is 9.47 Å². The lowest BCUT2D eigenvalue weighted by Gasteiger charge is -2.26. The average Bonchev–Trinajstić information content (AvgIpc) is 3.19. The van der Waals surface area contributed by atoms with Gasteiger partial charge in [0.2, 0.25) is 0 Å². The monoisotopic (exact) mass is 381 g/mol. The van der Waals surface area contributed by atoms with Crippen molar-refractivity contribution in [2.24, 2.45) is 0 Å². The van der Waals surface area contributed by atoms with Gasteiger partial charge in [-0.25, -0.2) is 9.07 Å². The Morgan fingerprint density at radius 3 is 2.50 bits per heavy atom. The molecule has 7 heteroatoms. The van der Waals surface area contributed by atoms with E-state index < -0.39 is 0 Å². The number of carbonyl (C=O) groups is 1. The van der Waals surface area contributed by atoms with Crippen molar-refractivity contribution < 1.29 is 18.7 Å². The van der Waals surface area contributed by atoms with Gasteiger partial charge in [-0.15, -0.1) is 0 Å². The number of methoxy groups -OCH3 is 1. The first-order valence-corrected chi connectivity index (χ1v) is 9.04. The standard InChI is InChI=1S/C21H20FN3O3/c1-27-16-8-6-15(7-9-16)25-20(21(26)24-10-12-28-13-11-24)14-19(23-25)17-4-2-3-5-18(17)22/h2-9,14H,10-13H2,1H3. The van der Waals surface area contributed by atoms with Crippen molar-refractivity contribution in [3.05, 3.63) is 66.1 Å². The van der Waals surface area contributed by atoms with Gasteiger partial charge in [-0.1, -0.05) is 12.1 Å². The minimum Gasteiger partial charge on any atom is -0.497 e. The number of rotatable bonds is 4. The van der Waals surface area contributed by atoms with Gasteiger partial charge in [0.1, 0.15) is 17.3 Å². The number of halogens is 1. The van der Waals surface area contributed by atoms with Crippen molar-refractivity contribution in [1.29, 1.82) is 0 Å². The molecule has 2 heterocycles. The van der Waals surface area contributed by atoms with Gasteiger partial charge in [0.05, 0.1) is 31.7 Å². The number of carbonyl (C=O) groups excluding carboxylic acids is 1. The maximum absolute atomic E-state index is 14.3. The molecule has 0 N–H and O–H groups in total. The van der Waals surface area contributed by atoms with Crippen LogP contribution < -0.4 is 4.74 Å². The van der Waals surface area contributed by atoms with Gasteiger partial charge < -0.3 is 14.4 Å². The summed E-state index contributed by atoms with van der Waals surface area (Å²) in [4.78, 5) is 14.9. The molecule has 28 heavy (non-hydrogen) atoms. The second-order valence-electron chi connectivity index (χ2n) is 6.41. The summed E-state index contributed by atoms with van der Waals surface area (Å²) in [5.74, 6) is 0.160. The van der Waals surface area contributed by atoms with Crippen LogP contribution in [0.15, 0.2) is 54.6 Å². The van der Waals surface area contributed by atoms with Gasteiger partial charge >= 0.3 is 0 Å². The highest BCUT2D eigenvalue weighted by atomic mass is 19.1. The fraction of sp³-hybridized carbons (Fsp3) is 0.238. The first kappa shape index (κ1) is 18.2. The topological polar surface area (TPSA) is 56.6 Å². The van der Waals surface area contributed by atoms with Crippen LogP contribution in [0.5, 0.6) is 5.75 Å². The Hall–Kier alpha value is -3.19. The summed E-state index contributed by atoms with van der Waals surface area (Å²) in [5, 5.41) is 4.54. The van der Waals surface area contributed by atoms with E-state index >= 15 is 0 Å². The second kappa shape index (κ2) is 7.82. The fourth-order valence-corrected chi connectivity index (χ4v) is 3.18. The molecular weight excluding hydrogens is 361 g/mol. The molecule has 144 valence electrons. The van der Waals surface area contributed by atoms with Crippen LogP contribution in [-0.4, -0.2) is 54.0 Å². The van der Waals surface area contributed by atoms with E-state index in [-0.39, 0.29) is 11.7 Å². The van der Waals surface area contributed by atoms with Crippen molar-refractivity contribution in [1.82, 2.24) is 14.7 Å². The Bertz CT molecular complexity index is 979. The number of hydrogen-bond acceptors (Lipinski definition) is 4. The van der Waals surface area contributed by atoms with Crippen molar-refractivity contribution in [3.8, 4) is 22.7 Å². The van der Waals surface area contributed by atoms with E-state index in [1.165, 1.54) is 6.07 Å². The third kappa shape index (κ3) is 3.48. The summed E-state index contributed by atoms with van der Waals surface area (Å²) < 4.78 is 26.4. The van der Waals surface area contributed by atoms with Gasteiger partial charge in [0.15, 0.2) is 0 Å². The SMILES string of the molecule is COc1ccc(-n2nc(-c3ccccc3F)cc2C(=O)N2CCOCC2)cc1. The first-order valence-electron chi connectivity index (χ1n) is 9.04. The summed E-state index contributed by atoms with van der Waals surface area (Å²) in [6, 6.07) is 15.3. The summed E-state index contributed by atoms with van der Waals surface area (Å²) >= 11 is 0. The van der Waals surface area contributed by atoms with Crippen molar-refractivity contribution >= 4 is 5.91 Å². The van der Waals surface area contributed by atoms with E-state index in [1.54, 1.807) is 53.1 Å². The molecule has 0 saturated carbocycles. The van der Waals surface area contributed by atoms with Crippen LogP contribution in [0.2, 0.25) is 0 Å². The van der Waals surface area contributed by atoms with E-state index in [0.717, 1.165) is 0 Å². The zero-order valence-electron chi connectivity index (χ0n) is 15.5. The van der Waals surface area contributed by atoms with Crippen molar-refractivity contribution in [3.63, 3.8) is 0 Å². The van der Waals surface area contributed by atoms with Crippen molar-refractivity contribution in [2.45, 2.75) is 0 Å². The lowest BCUT2D eigenvalue weighted by atomic mass is 10.1. The summed E-state index contributed by atoms with van der Waals surface area (Å²) in [6.07, 6.45) is 0. The number of ether oxygens (including phenoxy) is 2. The maximum atomic E-state index is 14.3. The average molecular weight is 381 g/mol. The first-order chi connectivity index (χ1) is 13.7. The fourth-order valence-electron chi connectivity index (χ4n) is 3.18. The number of aromatic nitrogens is 2.